The monoisotopic (exact) mass is 306 g/mol. The number of ether oxygens (including phenoxy) is 1. The number of aryl methyl sites for hydroxylation is 1. The molecule has 0 spiro atoms. The Labute approximate surface area is 108 Å². The minimum atomic E-state index is -0.290. The molecule has 4 nitrogen and oxygen atoms in total. The van der Waals surface area contributed by atoms with Gasteiger partial charge in [0, 0.05) is 18.5 Å². The predicted octanol–water partition coefficient (Wildman–Crippen LogP) is 1.82. The van der Waals surface area contributed by atoms with Crippen molar-refractivity contribution in [2.75, 3.05) is 20.7 Å². The molecule has 1 atom stereocenters. The number of halogens is 1. The minimum absolute atomic E-state index is 0.249. The molecule has 0 N–H and O–H groups in total. The van der Waals surface area contributed by atoms with E-state index in [2.05, 4.69) is 25.7 Å². The molecule has 6 heteroatoms. The second kappa shape index (κ2) is 6.32. The van der Waals surface area contributed by atoms with Crippen LogP contribution in [0.5, 0.6) is 0 Å². The Hall–Kier alpha value is -0.460. The Kier molecular flexibility index (Phi) is 5.37. The Bertz CT molecular complexity index is 356. The van der Waals surface area contributed by atoms with Gasteiger partial charge in [0.25, 0.3) is 0 Å². The van der Waals surface area contributed by atoms with Crippen LogP contribution in [0.1, 0.15) is 10.7 Å². The third-order valence-electron chi connectivity index (χ3n) is 2.03. The molecule has 0 fully saturated rings. The molecule has 0 amide bonds. The first-order valence-electron chi connectivity index (χ1n) is 4.84. The van der Waals surface area contributed by atoms with E-state index in [4.69, 9.17) is 0 Å². The van der Waals surface area contributed by atoms with E-state index < -0.39 is 0 Å². The van der Waals surface area contributed by atoms with Gasteiger partial charge in [0.2, 0.25) is 0 Å². The summed E-state index contributed by atoms with van der Waals surface area (Å²) in [6, 6.07) is 0. The summed E-state index contributed by atoms with van der Waals surface area (Å²) >= 11 is 4.92. The number of methoxy groups -OCH3 is 1. The molecule has 16 heavy (non-hydrogen) atoms. The van der Waals surface area contributed by atoms with Gasteiger partial charge in [-0.05, 0) is 14.0 Å². The van der Waals surface area contributed by atoms with E-state index in [0.717, 1.165) is 17.2 Å². The van der Waals surface area contributed by atoms with Gasteiger partial charge in [0.05, 0.1) is 17.8 Å². The fourth-order valence-electron chi connectivity index (χ4n) is 1.30. The van der Waals surface area contributed by atoms with E-state index in [-0.39, 0.29) is 10.8 Å². The molecule has 1 aromatic rings. The zero-order valence-corrected chi connectivity index (χ0v) is 12.0. The molecule has 0 saturated heterocycles. The summed E-state index contributed by atoms with van der Waals surface area (Å²) in [7, 11) is 3.34. The van der Waals surface area contributed by atoms with Crippen LogP contribution in [0.25, 0.3) is 0 Å². The molecule has 0 saturated carbocycles. The molecule has 0 aliphatic rings. The highest BCUT2D eigenvalue weighted by Crippen LogP contribution is 2.11. The SMILES string of the molecule is COC(=O)C(Br)CN(C)Cc1csc(C)n1. The number of hydrogen-bond acceptors (Lipinski definition) is 5. The number of carbonyl (C=O) groups is 1. The molecule has 0 aromatic carbocycles. The highest BCUT2D eigenvalue weighted by molar-refractivity contribution is 9.10. The topological polar surface area (TPSA) is 42.4 Å². The Balaban J connectivity index is 2.41. The maximum absolute atomic E-state index is 11.2. The highest BCUT2D eigenvalue weighted by Gasteiger charge is 2.17. The lowest BCUT2D eigenvalue weighted by Crippen LogP contribution is -2.31. The molecule has 0 radical (unpaired) electrons. The van der Waals surface area contributed by atoms with Crippen LogP contribution in [-0.2, 0) is 16.1 Å². The second-order valence-electron chi connectivity index (χ2n) is 3.55. The third-order valence-corrected chi connectivity index (χ3v) is 3.51. The van der Waals surface area contributed by atoms with E-state index in [1.165, 1.54) is 7.11 Å². The Morgan fingerprint density at radius 1 is 1.75 bits per heavy atom. The number of hydrogen-bond donors (Lipinski definition) is 0. The summed E-state index contributed by atoms with van der Waals surface area (Å²) in [5, 5.41) is 3.10. The van der Waals surface area contributed by atoms with E-state index >= 15 is 0 Å². The normalized spacial score (nSPS) is 12.8. The van der Waals surface area contributed by atoms with Crippen molar-refractivity contribution in [1.82, 2.24) is 9.88 Å². The standard InChI is InChI=1S/C10H15BrN2O2S/c1-7-12-8(6-16-7)4-13(2)5-9(11)10(14)15-3/h6,9H,4-5H2,1-3H3. The van der Waals surface area contributed by atoms with Crippen molar-refractivity contribution >= 4 is 33.2 Å². The van der Waals surface area contributed by atoms with Gasteiger partial charge in [-0.25, -0.2) is 4.98 Å². The van der Waals surface area contributed by atoms with Gasteiger partial charge in [-0.2, -0.15) is 0 Å². The first-order chi connectivity index (χ1) is 7.52. The van der Waals surface area contributed by atoms with Crippen molar-refractivity contribution in [2.45, 2.75) is 18.3 Å². The van der Waals surface area contributed by atoms with Crippen molar-refractivity contribution in [1.29, 1.82) is 0 Å². The fourth-order valence-corrected chi connectivity index (χ4v) is 2.58. The number of aromatic nitrogens is 1. The third kappa shape index (κ3) is 4.19. The van der Waals surface area contributed by atoms with Crippen molar-refractivity contribution < 1.29 is 9.53 Å². The van der Waals surface area contributed by atoms with E-state index in [0.29, 0.717) is 6.54 Å². The van der Waals surface area contributed by atoms with Crippen LogP contribution in [0.3, 0.4) is 0 Å². The van der Waals surface area contributed by atoms with Crippen molar-refractivity contribution in [3.63, 3.8) is 0 Å². The van der Waals surface area contributed by atoms with Gasteiger partial charge in [-0.1, -0.05) is 15.9 Å². The van der Waals surface area contributed by atoms with Gasteiger partial charge in [0.1, 0.15) is 4.83 Å². The first-order valence-corrected chi connectivity index (χ1v) is 6.64. The summed E-state index contributed by atoms with van der Waals surface area (Å²) in [5.41, 5.74) is 1.04. The molecule has 90 valence electrons. The number of rotatable bonds is 5. The Morgan fingerprint density at radius 3 is 2.94 bits per heavy atom. The van der Waals surface area contributed by atoms with Crippen LogP contribution >= 0.6 is 27.3 Å². The largest absolute Gasteiger partial charge is 0.468 e. The van der Waals surface area contributed by atoms with E-state index in [1.807, 2.05) is 24.3 Å². The van der Waals surface area contributed by atoms with E-state index in [1.54, 1.807) is 11.3 Å². The molecule has 0 aliphatic carbocycles. The predicted molar refractivity (Wildman–Crippen MR) is 67.9 cm³/mol. The van der Waals surface area contributed by atoms with Gasteiger partial charge in [0.15, 0.2) is 0 Å². The van der Waals surface area contributed by atoms with Gasteiger partial charge in [-0.15, -0.1) is 11.3 Å². The van der Waals surface area contributed by atoms with Crippen LogP contribution in [0.15, 0.2) is 5.38 Å². The molecule has 1 heterocycles. The lowest BCUT2D eigenvalue weighted by atomic mass is 10.3. The molecule has 0 aliphatic heterocycles. The van der Waals surface area contributed by atoms with E-state index in [9.17, 15) is 4.79 Å². The number of esters is 1. The van der Waals surface area contributed by atoms with Crippen LogP contribution < -0.4 is 0 Å². The van der Waals surface area contributed by atoms with Gasteiger partial charge >= 0.3 is 5.97 Å². The lowest BCUT2D eigenvalue weighted by Gasteiger charge is -2.17. The number of carbonyl (C=O) groups excluding carboxylic acids is 1. The molecule has 1 aromatic heterocycles. The number of alkyl halides is 1. The summed E-state index contributed by atoms with van der Waals surface area (Å²) in [5.74, 6) is -0.249. The van der Waals surface area contributed by atoms with Gasteiger partial charge in [-0.3, -0.25) is 9.69 Å². The van der Waals surface area contributed by atoms with Crippen LogP contribution in [0.2, 0.25) is 0 Å². The van der Waals surface area contributed by atoms with Crippen molar-refractivity contribution in [2.24, 2.45) is 0 Å². The first kappa shape index (κ1) is 13.6. The fraction of sp³-hybridized carbons (Fsp3) is 0.600. The maximum Gasteiger partial charge on any atom is 0.320 e. The average Bonchev–Trinajstić information content (AvgIpc) is 2.62. The minimum Gasteiger partial charge on any atom is -0.468 e. The number of nitrogens with zero attached hydrogens (tertiary/aromatic N) is 2. The molecule has 0 bridgehead atoms. The van der Waals surface area contributed by atoms with Crippen molar-refractivity contribution in [3.8, 4) is 0 Å². The quantitative estimate of drug-likeness (QED) is 0.615. The lowest BCUT2D eigenvalue weighted by molar-refractivity contribution is -0.140. The zero-order valence-electron chi connectivity index (χ0n) is 9.57. The van der Waals surface area contributed by atoms with Crippen LogP contribution in [-0.4, -0.2) is 41.4 Å². The second-order valence-corrected chi connectivity index (χ2v) is 5.71. The summed E-state index contributed by atoms with van der Waals surface area (Å²) < 4.78 is 4.64. The summed E-state index contributed by atoms with van der Waals surface area (Å²) in [6.07, 6.45) is 0. The van der Waals surface area contributed by atoms with Crippen LogP contribution in [0, 0.1) is 6.92 Å². The average molecular weight is 307 g/mol. The summed E-state index contributed by atoms with van der Waals surface area (Å²) in [6.45, 7) is 3.32. The van der Waals surface area contributed by atoms with Crippen molar-refractivity contribution in [3.05, 3.63) is 16.1 Å². The number of thiazole rings is 1. The molecule has 1 unspecified atom stereocenters. The molecular weight excluding hydrogens is 292 g/mol. The van der Waals surface area contributed by atoms with Crippen LogP contribution in [0.4, 0.5) is 0 Å². The highest BCUT2D eigenvalue weighted by atomic mass is 79.9. The maximum atomic E-state index is 11.2. The Morgan fingerprint density at radius 2 is 2.44 bits per heavy atom. The smallest absolute Gasteiger partial charge is 0.320 e. The summed E-state index contributed by atoms with van der Waals surface area (Å²) in [4.78, 5) is 17.3. The molecule has 1 rings (SSSR count). The van der Waals surface area contributed by atoms with Gasteiger partial charge < -0.3 is 4.74 Å². The molecular formula is C10H15BrN2O2S. The zero-order chi connectivity index (χ0) is 12.1.